The first-order valence-electron chi connectivity index (χ1n) is 11.5. The molecule has 0 saturated carbocycles. The van der Waals surface area contributed by atoms with E-state index in [0.29, 0.717) is 38.1 Å². The molecular formula is C24H42N2O8. The fourth-order valence-electron chi connectivity index (χ4n) is 2.55. The number of aromatic nitrogens is 1. The minimum Gasteiger partial charge on any atom is -0.503 e. The highest BCUT2D eigenvalue weighted by Crippen LogP contribution is 2.26. The van der Waals surface area contributed by atoms with Crippen LogP contribution >= 0.6 is 0 Å². The van der Waals surface area contributed by atoms with Gasteiger partial charge < -0.3 is 34.9 Å². The molecule has 1 aliphatic rings. The van der Waals surface area contributed by atoms with Gasteiger partial charge in [-0.1, -0.05) is 27.7 Å². The highest BCUT2D eigenvalue weighted by molar-refractivity contribution is 5.94. The topological polar surface area (TPSA) is 150 Å². The van der Waals surface area contributed by atoms with E-state index in [4.69, 9.17) is 29.8 Å². The molecule has 1 aromatic rings. The third kappa shape index (κ3) is 14.7. The Morgan fingerprint density at radius 2 is 1.91 bits per heavy atom. The van der Waals surface area contributed by atoms with Crippen LogP contribution in [0.4, 0.5) is 0 Å². The van der Waals surface area contributed by atoms with Crippen LogP contribution < -0.4 is 10.5 Å². The zero-order valence-corrected chi connectivity index (χ0v) is 21.3. The Hall–Kier alpha value is -2.43. The van der Waals surface area contributed by atoms with Crippen LogP contribution in [0.1, 0.15) is 64.4 Å². The second kappa shape index (κ2) is 18.0. The third-order valence-electron chi connectivity index (χ3n) is 4.33. The van der Waals surface area contributed by atoms with Gasteiger partial charge >= 0.3 is 5.97 Å². The average molecular weight is 487 g/mol. The number of nitrogens with two attached hydrogens (primary N) is 1. The van der Waals surface area contributed by atoms with Gasteiger partial charge in [0.2, 0.25) is 0 Å². The molecule has 10 nitrogen and oxygen atoms in total. The average Bonchev–Trinajstić information content (AvgIpc) is 2.77. The van der Waals surface area contributed by atoms with Crippen LogP contribution in [0.3, 0.4) is 0 Å². The van der Waals surface area contributed by atoms with E-state index in [1.165, 1.54) is 19.4 Å². The molecule has 34 heavy (non-hydrogen) atoms. The number of ether oxygens (including phenoxy) is 4. The van der Waals surface area contributed by atoms with E-state index in [9.17, 15) is 14.7 Å². The van der Waals surface area contributed by atoms with E-state index in [2.05, 4.69) is 18.8 Å². The highest BCUT2D eigenvalue weighted by Gasteiger charge is 2.19. The molecule has 1 fully saturated rings. The first-order valence-corrected chi connectivity index (χ1v) is 11.5. The molecular weight excluding hydrogens is 444 g/mol. The number of cyclic esters (lactones) is 1. The van der Waals surface area contributed by atoms with Crippen molar-refractivity contribution >= 4 is 11.9 Å². The summed E-state index contributed by atoms with van der Waals surface area (Å²) in [5, 5.41) is 17.4. The van der Waals surface area contributed by atoms with Gasteiger partial charge in [0.25, 0.3) is 5.91 Å². The number of methoxy groups -OCH3 is 1. The van der Waals surface area contributed by atoms with Crippen LogP contribution in [0.2, 0.25) is 0 Å². The van der Waals surface area contributed by atoms with E-state index in [1.54, 1.807) is 0 Å². The zero-order chi connectivity index (χ0) is 26.1. The number of hydrogen-bond acceptors (Lipinski definition) is 9. The molecule has 0 aromatic carbocycles. The van der Waals surface area contributed by atoms with Crippen molar-refractivity contribution in [2.24, 2.45) is 17.6 Å². The quantitative estimate of drug-likeness (QED) is 0.516. The molecule has 10 heteroatoms. The number of pyridine rings is 1. The normalized spacial score (nSPS) is 18.7. The van der Waals surface area contributed by atoms with Gasteiger partial charge in [0.1, 0.15) is 6.10 Å². The summed E-state index contributed by atoms with van der Waals surface area (Å²) in [6.45, 7) is 12.3. The van der Waals surface area contributed by atoms with Gasteiger partial charge in [0.05, 0.1) is 26.2 Å². The van der Waals surface area contributed by atoms with E-state index in [-0.39, 0.29) is 35.4 Å². The summed E-state index contributed by atoms with van der Waals surface area (Å²) >= 11 is 0. The molecule has 0 spiro atoms. The van der Waals surface area contributed by atoms with Gasteiger partial charge in [0.15, 0.2) is 17.2 Å². The van der Waals surface area contributed by atoms with Crippen molar-refractivity contribution in [2.45, 2.75) is 66.1 Å². The number of rotatable bonds is 6. The number of aliphatic hydroxyl groups excluding tert-OH is 1. The maximum absolute atomic E-state index is 11.3. The van der Waals surface area contributed by atoms with Crippen molar-refractivity contribution in [1.82, 2.24) is 4.98 Å². The van der Waals surface area contributed by atoms with E-state index < -0.39 is 5.91 Å². The fraction of sp³-hybridized carbons (Fsp3) is 0.708. The Kier molecular flexibility index (Phi) is 16.7. The Bertz CT molecular complexity index is 712. The Balaban J connectivity index is 0.000000556. The number of carbonyl (C=O) groups excluding carboxylic acids is 2. The molecule has 2 heterocycles. The van der Waals surface area contributed by atoms with Crippen LogP contribution in [0.25, 0.3) is 0 Å². The standard InChI is InChI=1S/C13H24O4.C7H8N2O3.C4H10O/c1-10(2)9-16-12-4-6-15-7-5-13(14)17-11(3)8-12;1-12-4-2-3-9-5(6(4)10)7(8)11;1-4(2)3-5/h10-12H,4-9H2,1-3H3;2-3,10H,1H3,(H2,8,11);4-5H,3H2,1-2H3. The summed E-state index contributed by atoms with van der Waals surface area (Å²) in [4.78, 5) is 25.6. The summed E-state index contributed by atoms with van der Waals surface area (Å²) < 4.78 is 21.2. The van der Waals surface area contributed by atoms with Crippen LogP contribution in [0.15, 0.2) is 12.3 Å². The lowest BCUT2D eigenvalue weighted by molar-refractivity contribution is -0.152. The molecule has 2 atom stereocenters. The number of nitrogens with zero attached hydrogens (tertiary/aromatic N) is 1. The van der Waals surface area contributed by atoms with E-state index >= 15 is 0 Å². The second-order valence-electron chi connectivity index (χ2n) is 8.69. The molecule has 0 aliphatic carbocycles. The number of primary amides is 1. The molecule has 1 amide bonds. The molecule has 4 N–H and O–H groups in total. The lowest BCUT2D eigenvalue weighted by Crippen LogP contribution is -2.27. The highest BCUT2D eigenvalue weighted by atomic mass is 16.6. The minimum absolute atomic E-state index is 0.0715. The van der Waals surface area contributed by atoms with Crippen molar-refractivity contribution in [3.63, 3.8) is 0 Å². The monoisotopic (exact) mass is 486 g/mol. The molecule has 2 rings (SSSR count). The van der Waals surface area contributed by atoms with Crippen molar-refractivity contribution in [3.8, 4) is 11.5 Å². The Labute approximate surface area is 202 Å². The zero-order valence-electron chi connectivity index (χ0n) is 21.3. The van der Waals surface area contributed by atoms with E-state index in [0.717, 1.165) is 19.4 Å². The Morgan fingerprint density at radius 3 is 2.44 bits per heavy atom. The first kappa shape index (κ1) is 31.6. The number of aromatic hydroxyl groups is 1. The molecule has 0 bridgehead atoms. The van der Waals surface area contributed by atoms with Gasteiger partial charge in [-0.25, -0.2) is 4.98 Å². The molecule has 1 aliphatic heterocycles. The Morgan fingerprint density at radius 1 is 1.26 bits per heavy atom. The minimum atomic E-state index is -0.786. The van der Waals surface area contributed by atoms with Gasteiger partial charge in [-0.15, -0.1) is 0 Å². The lowest BCUT2D eigenvalue weighted by Gasteiger charge is -2.24. The summed E-state index contributed by atoms with van der Waals surface area (Å²) in [5.74, 6) is -0.154. The summed E-state index contributed by atoms with van der Waals surface area (Å²) in [5.41, 5.74) is 4.74. The molecule has 196 valence electrons. The fourth-order valence-corrected chi connectivity index (χ4v) is 2.55. The smallest absolute Gasteiger partial charge is 0.308 e. The summed E-state index contributed by atoms with van der Waals surface area (Å²) in [7, 11) is 1.37. The van der Waals surface area contributed by atoms with Crippen molar-refractivity contribution in [3.05, 3.63) is 18.0 Å². The molecule has 1 saturated heterocycles. The molecule has 0 radical (unpaired) electrons. The number of carbonyl (C=O) groups is 2. The SMILES string of the molecule is CC(C)CO.CC(C)COC1CCOCCC(=O)OC(C)C1.COc1ccnc(C(N)=O)c1O. The largest absolute Gasteiger partial charge is 0.503 e. The summed E-state index contributed by atoms with van der Waals surface area (Å²) in [6, 6.07) is 1.43. The number of aliphatic hydroxyl groups is 1. The number of amides is 1. The number of hydrogen-bond donors (Lipinski definition) is 3. The van der Waals surface area contributed by atoms with Crippen molar-refractivity contribution < 1.29 is 38.7 Å². The van der Waals surface area contributed by atoms with Crippen LogP contribution in [0, 0.1) is 11.8 Å². The maximum Gasteiger partial charge on any atom is 0.308 e. The van der Waals surface area contributed by atoms with Gasteiger partial charge in [-0.3, -0.25) is 9.59 Å². The van der Waals surface area contributed by atoms with Crippen LogP contribution in [-0.2, 0) is 19.0 Å². The predicted molar refractivity (Wildman–Crippen MR) is 128 cm³/mol. The summed E-state index contributed by atoms with van der Waals surface area (Å²) in [6.07, 6.45) is 3.35. The predicted octanol–water partition coefficient (Wildman–Crippen LogP) is 2.69. The second-order valence-corrected chi connectivity index (χ2v) is 8.69. The van der Waals surface area contributed by atoms with Gasteiger partial charge in [-0.2, -0.15) is 0 Å². The lowest BCUT2D eigenvalue weighted by atomic mass is 10.1. The molecule has 1 aromatic heterocycles. The number of esters is 1. The van der Waals surface area contributed by atoms with Crippen molar-refractivity contribution in [1.29, 1.82) is 0 Å². The van der Waals surface area contributed by atoms with Crippen LogP contribution in [-0.4, -0.2) is 72.8 Å². The first-order chi connectivity index (χ1) is 16.0. The van der Waals surface area contributed by atoms with Gasteiger partial charge in [-0.05, 0) is 25.2 Å². The van der Waals surface area contributed by atoms with E-state index in [1.807, 2.05) is 20.8 Å². The van der Waals surface area contributed by atoms with Crippen LogP contribution in [0.5, 0.6) is 11.5 Å². The van der Waals surface area contributed by atoms with Crippen molar-refractivity contribution in [2.75, 3.05) is 33.5 Å². The molecule has 2 unspecified atom stereocenters. The maximum atomic E-state index is 11.3. The third-order valence-corrected chi connectivity index (χ3v) is 4.33. The van der Waals surface area contributed by atoms with Gasteiger partial charge in [0, 0.05) is 38.5 Å².